The summed E-state index contributed by atoms with van der Waals surface area (Å²) in [5.74, 6) is -0.420. The summed E-state index contributed by atoms with van der Waals surface area (Å²) in [6, 6.07) is 2.94. The Balaban J connectivity index is 2.39. The quantitative estimate of drug-likeness (QED) is 0.751. The molecule has 0 unspecified atom stereocenters. The molecule has 0 atom stereocenters. The first kappa shape index (κ1) is 17.2. The van der Waals surface area contributed by atoms with Gasteiger partial charge in [-0.15, -0.1) is 0 Å². The third-order valence-electron chi connectivity index (χ3n) is 4.15. The highest BCUT2D eigenvalue weighted by molar-refractivity contribution is 6.31. The van der Waals surface area contributed by atoms with Gasteiger partial charge in [-0.3, -0.25) is 4.79 Å². The second kappa shape index (κ2) is 5.41. The first-order valence-electron chi connectivity index (χ1n) is 8.10. The molecule has 0 amide bonds. The minimum atomic E-state index is -0.465. The van der Waals surface area contributed by atoms with Crippen LogP contribution in [0.3, 0.4) is 0 Å². The highest BCUT2D eigenvalue weighted by Crippen LogP contribution is 2.41. The van der Waals surface area contributed by atoms with Crippen molar-refractivity contribution in [2.75, 3.05) is 5.32 Å². The maximum atomic E-state index is 14.5. The van der Waals surface area contributed by atoms with E-state index in [0.717, 1.165) is 0 Å². The van der Waals surface area contributed by atoms with Gasteiger partial charge >= 0.3 is 0 Å². The zero-order valence-corrected chi connectivity index (χ0v) is 15.4. The molecule has 1 aliphatic carbocycles. The van der Waals surface area contributed by atoms with Crippen molar-refractivity contribution in [3.63, 3.8) is 0 Å². The Morgan fingerprint density at radius 3 is 2.54 bits per heavy atom. The van der Waals surface area contributed by atoms with E-state index in [1.807, 2.05) is 34.6 Å². The number of Topliss-reactive ketones (excluding diaryl/α,β-unsaturated/α-hetero) is 1. The number of pyridine rings is 1. The van der Waals surface area contributed by atoms with Gasteiger partial charge in [0.25, 0.3) is 0 Å². The fraction of sp³-hybridized carbons (Fsp3) is 0.474. The second-order valence-corrected chi connectivity index (χ2v) is 8.84. The minimum Gasteiger partial charge on any atom is -0.379 e. The lowest BCUT2D eigenvalue weighted by atomic mass is 9.75. The molecular formula is C19H22ClFN2O. The summed E-state index contributed by atoms with van der Waals surface area (Å²) in [5.41, 5.74) is 1.69. The van der Waals surface area contributed by atoms with E-state index in [9.17, 15) is 9.18 Å². The normalized spacial score (nSPS) is 17.0. The molecule has 0 saturated heterocycles. The van der Waals surface area contributed by atoms with Gasteiger partial charge in [0.1, 0.15) is 5.52 Å². The van der Waals surface area contributed by atoms with Gasteiger partial charge in [0.15, 0.2) is 11.6 Å². The number of ketones is 1. The van der Waals surface area contributed by atoms with Gasteiger partial charge in [-0.05, 0) is 44.7 Å². The molecule has 24 heavy (non-hydrogen) atoms. The number of halogens is 2. The number of rotatable bonds is 1. The number of anilines is 1. The van der Waals surface area contributed by atoms with Crippen LogP contribution in [0.5, 0.6) is 0 Å². The van der Waals surface area contributed by atoms with E-state index in [-0.39, 0.29) is 22.3 Å². The lowest BCUT2D eigenvalue weighted by Crippen LogP contribution is -2.32. The van der Waals surface area contributed by atoms with E-state index in [2.05, 4.69) is 10.3 Å². The third-order valence-corrected chi connectivity index (χ3v) is 4.37. The molecule has 0 spiro atoms. The van der Waals surface area contributed by atoms with E-state index in [4.69, 9.17) is 11.6 Å². The monoisotopic (exact) mass is 348 g/mol. The maximum Gasteiger partial charge on any atom is 0.167 e. The van der Waals surface area contributed by atoms with Crippen LogP contribution in [0.1, 0.15) is 57.1 Å². The Bertz CT molecular complexity index is 853. The van der Waals surface area contributed by atoms with Crippen LogP contribution in [0.2, 0.25) is 5.02 Å². The minimum absolute atomic E-state index is 0.0442. The van der Waals surface area contributed by atoms with Gasteiger partial charge in [-0.2, -0.15) is 0 Å². The van der Waals surface area contributed by atoms with Crippen LogP contribution < -0.4 is 5.32 Å². The Morgan fingerprint density at radius 1 is 1.25 bits per heavy atom. The molecule has 0 aliphatic heterocycles. The first-order chi connectivity index (χ1) is 11.0. The predicted octanol–water partition coefficient (Wildman–Crippen LogP) is 5.39. The summed E-state index contributed by atoms with van der Waals surface area (Å²) in [6.07, 6.45) is 1.10. The molecule has 1 heterocycles. The van der Waals surface area contributed by atoms with Crippen LogP contribution in [-0.2, 0) is 6.42 Å². The topological polar surface area (TPSA) is 42.0 Å². The number of benzene rings is 1. The second-order valence-electron chi connectivity index (χ2n) is 8.41. The number of hydrogen-bond donors (Lipinski definition) is 1. The maximum absolute atomic E-state index is 14.5. The third kappa shape index (κ3) is 3.12. The molecule has 0 radical (unpaired) electrons. The fourth-order valence-corrected chi connectivity index (χ4v) is 3.52. The SMILES string of the molecule is CC1(C)CC(=O)c2c(nc3c(F)cc(Cl)cc3c2NC(C)(C)C)C1. The van der Waals surface area contributed by atoms with E-state index in [1.54, 1.807) is 6.07 Å². The Kier molecular flexibility index (Phi) is 3.87. The van der Waals surface area contributed by atoms with Crippen LogP contribution >= 0.6 is 11.6 Å². The number of aromatic nitrogens is 1. The van der Waals surface area contributed by atoms with Crippen LogP contribution in [-0.4, -0.2) is 16.3 Å². The summed E-state index contributed by atoms with van der Waals surface area (Å²) in [7, 11) is 0. The molecule has 1 aliphatic rings. The number of hydrogen-bond acceptors (Lipinski definition) is 3. The van der Waals surface area contributed by atoms with Crippen LogP contribution in [0.15, 0.2) is 12.1 Å². The molecule has 128 valence electrons. The summed E-state index contributed by atoms with van der Waals surface area (Å²) >= 11 is 6.05. The zero-order chi connectivity index (χ0) is 17.9. The molecule has 5 heteroatoms. The van der Waals surface area contributed by atoms with E-state index in [1.165, 1.54) is 6.07 Å². The average Bonchev–Trinajstić information content (AvgIpc) is 2.36. The standard InChI is InChI=1S/C19H22ClFN2O/c1-18(2,3)23-17-11-6-10(20)7-12(21)16(11)22-13-8-19(4,5)9-14(24)15(13)17/h6-7H,8-9H2,1-5H3,(H,22,23). The Hall–Kier alpha value is -1.68. The smallest absolute Gasteiger partial charge is 0.167 e. The van der Waals surface area contributed by atoms with E-state index in [0.29, 0.717) is 40.2 Å². The van der Waals surface area contributed by atoms with Crippen molar-refractivity contribution in [1.29, 1.82) is 0 Å². The van der Waals surface area contributed by atoms with Crippen molar-refractivity contribution < 1.29 is 9.18 Å². The Labute approximate surface area is 146 Å². The number of carbonyl (C=O) groups excluding carboxylic acids is 1. The van der Waals surface area contributed by atoms with Gasteiger partial charge < -0.3 is 5.32 Å². The number of fused-ring (bicyclic) bond motifs is 2. The van der Waals surface area contributed by atoms with Gasteiger partial charge in [0.05, 0.1) is 16.9 Å². The zero-order valence-electron chi connectivity index (χ0n) is 14.7. The number of nitrogens with zero attached hydrogens (tertiary/aromatic N) is 1. The summed E-state index contributed by atoms with van der Waals surface area (Å²) in [6.45, 7) is 10.1. The molecule has 3 rings (SSSR count). The van der Waals surface area contributed by atoms with Crippen molar-refractivity contribution in [2.45, 2.75) is 53.0 Å². The van der Waals surface area contributed by atoms with Crippen molar-refractivity contribution in [2.24, 2.45) is 5.41 Å². The molecule has 1 aromatic carbocycles. The highest BCUT2D eigenvalue weighted by Gasteiger charge is 2.35. The van der Waals surface area contributed by atoms with Gasteiger partial charge in [0.2, 0.25) is 0 Å². The molecular weight excluding hydrogens is 327 g/mol. The first-order valence-corrected chi connectivity index (χ1v) is 8.48. The van der Waals surface area contributed by atoms with Crippen LogP contribution in [0.4, 0.5) is 10.1 Å². The summed E-state index contributed by atoms with van der Waals surface area (Å²) in [4.78, 5) is 17.3. The van der Waals surface area contributed by atoms with Crippen LogP contribution in [0.25, 0.3) is 10.9 Å². The molecule has 2 aromatic rings. The van der Waals surface area contributed by atoms with Crippen molar-refractivity contribution in [3.8, 4) is 0 Å². The summed E-state index contributed by atoms with van der Waals surface area (Å²) < 4.78 is 14.5. The number of carbonyl (C=O) groups is 1. The largest absolute Gasteiger partial charge is 0.379 e. The molecule has 1 N–H and O–H groups in total. The molecule has 3 nitrogen and oxygen atoms in total. The van der Waals surface area contributed by atoms with Gasteiger partial charge in [-0.25, -0.2) is 9.37 Å². The van der Waals surface area contributed by atoms with Crippen molar-refractivity contribution in [3.05, 3.63) is 34.2 Å². The molecule has 0 fully saturated rings. The molecule has 1 aromatic heterocycles. The van der Waals surface area contributed by atoms with Crippen LogP contribution in [0, 0.1) is 11.2 Å². The Morgan fingerprint density at radius 2 is 1.92 bits per heavy atom. The summed E-state index contributed by atoms with van der Waals surface area (Å²) in [5, 5.41) is 4.23. The van der Waals surface area contributed by atoms with E-state index >= 15 is 0 Å². The lowest BCUT2D eigenvalue weighted by molar-refractivity contribution is 0.0911. The highest BCUT2D eigenvalue weighted by atomic mass is 35.5. The van der Waals surface area contributed by atoms with Crippen molar-refractivity contribution in [1.82, 2.24) is 4.98 Å². The number of nitrogens with one attached hydrogen (secondary N) is 1. The van der Waals surface area contributed by atoms with Crippen molar-refractivity contribution >= 4 is 34.0 Å². The predicted molar refractivity (Wildman–Crippen MR) is 96.5 cm³/mol. The van der Waals surface area contributed by atoms with Gasteiger partial charge in [0, 0.05) is 22.4 Å². The lowest BCUT2D eigenvalue weighted by Gasteiger charge is -2.33. The fourth-order valence-electron chi connectivity index (χ4n) is 3.31. The van der Waals surface area contributed by atoms with Gasteiger partial charge in [-0.1, -0.05) is 25.4 Å². The van der Waals surface area contributed by atoms with E-state index < -0.39 is 5.82 Å². The molecule has 0 bridgehead atoms. The average molecular weight is 349 g/mol. The molecule has 0 saturated carbocycles.